The second-order valence-electron chi connectivity index (χ2n) is 8.15. The summed E-state index contributed by atoms with van der Waals surface area (Å²) >= 11 is 0. The van der Waals surface area contributed by atoms with E-state index in [4.69, 9.17) is 0 Å². The van der Waals surface area contributed by atoms with E-state index in [0.29, 0.717) is 17.7 Å². The highest BCUT2D eigenvalue weighted by Crippen LogP contribution is 2.27. The standard InChI is InChI=1S/C23H29N3O2/c1-23(2,19-7-5-4-6-8-19)17-21(27)24-20-11-9-18(10-12-20)22(28)26-15-13-25(3)14-16-26/h4-12H,13-17H2,1-3H3,(H,24,27). The minimum absolute atomic E-state index is 0.0352. The summed E-state index contributed by atoms with van der Waals surface area (Å²) < 4.78 is 0. The van der Waals surface area contributed by atoms with E-state index < -0.39 is 0 Å². The molecular weight excluding hydrogens is 350 g/mol. The normalized spacial score (nSPS) is 15.3. The van der Waals surface area contributed by atoms with Gasteiger partial charge in [0.05, 0.1) is 0 Å². The molecule has 5 nitrogen and oxygen atoms in total. The van der Waals surface area contributed by atoms with Crippen molar-refractivity contribution in [1.82, 2.24) is 9.80 Å². The van der Waals surface area contributed by atoms with E-state index in [1.54, 1.807) is 24.3 Å². The number of rotatable bonds is 5. The third-order valence-corrected chi connectivity index (χ3v) is 5.36. The maximum Gasteiger partial charge on any atom is 0.253 e. The minimum atomic E-state index is -0.247. The van der Waals surface area contributed by atoms with Crippen LogP contribution in [0.5, 0.6) is 0 Å². The molecule has 0 atom stereocenters. The maximum atomic E-state index is 12.6. The molecule has 0 unspecified atom stereocenters. The first-order valence-electron chi connectivity index (χ1n) is 9.78. The fraction of sp³-hybridized carbons (Fsp3) is 0.391. The Morgan fingerprint density at radius 1 is 0.929 bits per heavy atom. The van der Waals surface area contributed by atoms with Crippen LogP contribution in [0.1, 0.15) is 36.2 Å². The number of likely N-dealkylation sites (N-methyl/N-ethyl adjacent to an activating group) is 1. The summed E-state index contributed by atoms with van der Waals surface area (Å²) in [7, 11) is 2.07. The molecule has 28 heavy (non-hydrogen) atoms. The van der Waals surface area contributed by atoms with Crippen LogP contribution < -0.4 is 5.32 Å². The lowest BCUT2D eigenvalue weighted by atomic mass is 9.81. The Bertz CT molecular complexity index is 808. The zero-order valence-electron chi connectivity index (χ0n) is 16.9. The first kappa shape index (κ1) is 20.1. The molecule has 1 N–H and O–H groups in total. The molecular formula is C23H29N3O2. The zero-order chi connectivity index (χ0) is 20.1. The van der Waals surface area contributed by atoms with Gasteiger partial charge in [0.2, 0.25) is 5.91 Å². The molecule has 0 radical (unpaired) electrons. The van der Waals surface area contributed by atoms with Crippen LogP contribution in [0, 0.1) is 0 Å². The van der Waals surface area contributed by atoms with Crippen molar-refractivity contribution in [2.24, 2.45) is 0 Å². The third-order valence-electron chi connectivity index (χ3n) is 5.36. The average molecular weight is 380 g/mol. The van der Waals surface area contributed by atoms with Gasteiger partial charge in [-0.1, -0.05) is 44.2 Å². The van der Waals surface area contributed by atoms with Crippen LogP contribution in [0.4, 0.5) is 5.69 Å². The van der Waals surface area contributed by atoms with E-state index in [2.05, 4.69) is 31.1 Å². The van der Waals surface area contributed by atoms with Gasteiger partial charge >= 0.3 is 0 Å². The van der Waals surface area contributed by atoms with Gasteiger partial charge in [0.15, 0.2) is 0 Å². The molecule has 1 fully saturated rings. The number of carbonyl (C=O) groups is 2. The first-order chi connectivity index (χ1) is 13.3. The molecule has 0 aromatic heterocycles. The summed E-state index contributed by atoms with van der Waals surface area (Å²) in [5.74, 6) is 0.0168. The van der Waals surface area contributed by atoms with Gasteiger partial charge in [-0.15, -0.1) is 0 Å². The highest BCUT2D eigenvalue weighted by molar-refractivity contribution is 5.96. The van der Waals surface area contributed by atoms with Gasteiger partial charge in [0.25, 0.3) is 5.91 Å². The number of nitrogens with one attached hydrogen (secondary N) is 1. The number of piperazine rings is 1. The van der Waals surface area contributed by atoms with Crippen molar-refractivity contribution in [3.8, 4) is 0 Å². The molecule has 2 aromatic carbocycles. The molecule has 2 amide bonds. The van der Waals surface area contributed by atoms with Gasteiger partial charge < -0.3 is 15.1 Å². The second kappa shape index (κ2) is 8.57. The zero-order valence-corrected chi connectivity index (χ0v) is 16.9. The number of carbonyl (C=O) groups excluding carboxylic acids is 2. The summed E-state index contributed by atoms with van der Waals surface area (Å²) in [6.07, 6.45) is 0.388. The Kier molecular flexibility index (Phi) is 6.15. The van der Waals surface area contributed by atoms with Crippen molar-refractivity contribution >= 4 is 17.5 Å². The summed E-state index contributed by atoms with van der Waals surface area (Å²) in [6.45, 7) is 7.44. The highest BCUT2D eigenvalue weighted by Gasteiger charge is 2.24. The molecule has 1 saturated heterocycles. The summed E-state index contributed by atoms with van der Waals surface area (Å²) in [4.78, 5) is 29.2. The number of hydrogen-bond donors (Lipinski definition) is 1. The average Bonchev–Trinajstić information content (AvgIpc) is 2.69. The lowest BCUT2D eigenvalue weighted by Crippen LogP contribution is -2.47. The van der Waals surface area contributed by atoms with Crippen LogP contribution in [0.2, 0.25) is 0 Å². The SMILES string of the molecule is CN1CCN(C(=O)c2ccc(NC(=O)CC(C)(C)c3ccccc3)cc2)CC1. The lowest BCUT2D eigenvalue weighted by Gasteiger charge is -2.32. The van der Waals surface area contributed by atoms with E-state index in [1.807, 2.05) is 35.2 Å². The van der Waals surface area contributed by atoms with Crippen LogP contribution >= 0.6 is 0 Å². The number of benzene rings is 2. The van der Waals surface area contributed by atoms with Gasteiger partial charge in [0.1, 0.15) is 0 Å². The van der Waals surface area contributed by atoms with Crippen LogP contribution in [-0.2, 0) is 10.2 Å². The molecule has 1 aliphatic heterocycles. The maximum absolute atomic E-state index is 12.6. The smallest absolute Gasteiger partial charge is 0.253 e. The number of nitrogens with zero attached hydrogens (tertiary/aromatic N) is 2. The Balaban J connectivity index is 1.58. The molecule has 5 heteroatoms. The van der Waals surface area contributed by atoms with E-state index in [9.17, 15) is 9.59 Å². The van der Waals surface area contributed by atoms with Gasteiger partial charge in [-0.2, -0.15) is 0 Å². The number of amides is 2. The van der Waals surface area contributed by atoms with Crippen molar-refractivity contribution < 1.29 is 9.59 Å². The molecule has 3 rings (SSSR count). The van der Waals surface area contributed by atoms with E-state index >= 15 is 0 Å². The van der Waals surface area contributed by atoms with E-state index in [-0.39, 0.29) is 17.2 Å². The Morgan fingerprint density at radius 2 is 1.54 bits per heavy atom. The fourth-order valence-corrected chi connectivity index (χ4v) is 3.49. The van der Waals surface area contributed by atoms with Gasteiger partial charge in [0, 0.05) is 43.9 Å². The van der Waals surface area contributed by atoms with Crippen LogP contribution in [0.25, 0.3) is 0 Å². The minimum Gasteiger partial charge on any atom is -0.336 e. The molecule has 0 bridgehead atoms. The molecule has 148 valence electrons. The van der Waals surface area contributed by atoms with Crippen LogP contribution in [-0.4, -0.2) is 54.8 Å². The lowest BCUT2D eigenvalue weighted by molar-refractivity contribution is -0.117. The molecule has 0 spiro atoms. The van der Waals surface area contributed by atoms with Crippen LogP contribution in [0.15, 0.2) is 54.6 Å². The second-order valence-corrected chi connectivity index (χ2v) is 8.15. The summed E-state index contributed by atoms with van der Waals surface area (Å²) in [6, 6.07) is 17.2. The Labute approximate surface area is 167 Å². The predicted molar refractivity (Wildman–Crippen MR) is 113 cm³/mol. The van der Waals surface area contributed by atoms with E-state index in [0.717, 1.165) is 31.7 Å². The van der Waals surface area contributed by atoms with Gasteiger partial charge in [-0.25, -0.2) is 0 Å². The number of hydrogen-bond acceptors (Lipinski definition) is 3. The van der Waals surface area contributed by atoms with Crippen molar-refractivity contribution in [2.45, 2.75) is 25.7 Å². The highest BCUT2D eigenvalue weighted by atomic mass is 16.2. The van der Waals surface area contributed by atoms with E-state index in [1.165, 1.54) is 0 Å². The molecule has 1 heterocycles. The molecule has 1 aliphatic rings. The first-order valence-corrected chi connectivity index (χ1v) is 9.78. The number of anilines is 1. The largest absolute Gasteiger partial charge is 0.336 e. The van der Waals surface area contributed by atoms with Crippen molar-refractivity contribution in [3.05, 3.63) is 65.7 Å². The monoisotopic (exact) mass is 379 g/mol. The molecule has 0 saturated carbocycles. The Morgan fingerprint density at radius 3 is 2.14 bits per heavy atom. The van der Waals surface area contributed by atoms with Crippen LogP contribution in [0.3, 0.4) is 0 Å². The quantitative estimate of drug-likeness (QED) is 0.866. The molecule has 2 aromatic rings. The van der Waals surface area contributed by atoms with Crippen molar-refractivity contribution in [3.63, 3.8) is 0 Å². The predicted octanol–water partition coefficient (Wildman–Crippen LogP) is 3.38. The summed E-state index contributed by atoms with van der Waals surface area (Å²) in [5, 5.41) is 2.95. The molecule has 0 aliphatic carbocycles. The van der Waals surface area contributed by atoms with Crippen molar-refractivity contribution in [2.75, 3.05) is 38.5 Å². The van der Waals surface area contributed by atoms with Crippen molar-refractivity contribution in [1.29, 1.82) is 0 Å². The van der Waals surface area contributed by atoms with Gasteiger partial charge in [-0.3, -0.25) is 9.59 Å². The fourth-order valence-electron chi connectivity index (χ4n) is 3.49. The van der Waals surface area contributed by atoms with Gasteiger partial charge in [-0.05, 0) is 42.3 Å². The third kappa shape index (κ3) is 4.98. The Hall–Kier alpha value is -2.66. The topological polar surface area (TPSA) is 52.6 Å². The summed E-state index contributed by atoms with van der Waals surface area (Å²) in [5.41, 5.74) is 2.26.